The Morgan fingerprint density at radius 1 is 1.56 bits per heavy atom. The van der Waals surface area contributed by atoms with Crippen LogP contribution >= 0.6 is 0 Å². The Hall–Kier alpha value is -2.02. The summed E-state index contributed by atoms with van der Waals surface area (Å²) in [7, 11) is 0. The van der Waals surface area contributed by atoms with Crippen LogP contribution in [0.3, 0.4) is 0 Å². The number of nitriles is 1. The van der Waals surface area contributed by atoms with Crippen molar-refractivity contribution < 1.29 is 9.21 Å². The molecule has 0 atom stereocenters. The number of carbonyl (C=O) groups excluding carboxylic acids is 1. The summed E-state index contributed by atoms with van der Waals surface area (Å²) in [4.78, 5) is 13.6. The van der Waals surface area contributed by atoms with E-state index in [1.54, 1.807) is 11.0 Å². The average Bonchev–Trinajstić information content (AvgIpc) is 2.72. The zero-order valence-corrected chi connectivity index (χ0v) is 11.0. The Kier molecular flexibility index (Phi) is 5.19. The number of rotatable bonds is 5. The molecule has 4 nitrogen and oxygen atoms in total. The molecule has 1 rings (SSSR count). The van der Waals surface area contributed by atoms with Crippen LogP contribution in [0.4, 0.5) is 0 Å². The van der Waals surface area contributed by atoms with Gasteiger partial charge in [0.2, 0.25) is 5.91 Å². The summed E-state index contributed by atoms with van der Waals surface area (Å²) in [6, 6.07) is 5.79. The summed E-state index contributed by atoms with van der Waals surface area (Å²) in [5, 5.41) is 8.57. The van der Waals surface area contributed by atoms with Gasteiger partial charge in [-0.05, 0) is 39.0 Å². The highest BCUT2D eigenvalue weighted by Gasteiger charge is 2.13. The van der Waals surface area contributed by atoms with Crippen LogP contribution in [0.2, 0.25) is 0 Å². The lowest BCUT2D eigenvalue weighted by molar-refractivity contribution is -0.127. The van der Waals surface area contributed by atoms with Gasteiger partial charge in [-0.1, -0.05) is 0 Å². The fourth-order valence-electron chi connectivity index (χ4n) is 1.59. The normalized spacial score (nSPS) is 10.8. The third-order valence-corrected chi connectivity index (χ3v) is 2.52. The quantitative estimate of drug-likeness (QED) is 0.750. The molecule has 0 fully saturated rings. The van der Waals surface area contributed by atoms with E-state index in [9.17, 15) is 4.79 Å². The molecule has 0 N–H and O–H groups in total. The van der Waals surface area contributed by atoms with Gasteiger partial charge < -0.3 is 9.32 Å². The van der Waals surface area contributed by atoms with Crippen molar-refractivity contribution >= 4 is 12.0 Å². The second-order valence-corrected chi connectivity index (χ2v) is 4.32. The molecule has 0 unspecified atom stereocenters. The van der Waals surface area contributed by atoms with Crippen LogP contribution < -0.4 is 0 Å². The van der Waals surface area contributed by atoms with E-state index in [4.69, 9.17) is 9.68 Å². The fourth-order valence-corrected chi connectivity index (χ4v) is 1.59. The smallest absolute Gasteiger partial charge is 0.246 e. The molecule has 96 valence electrons. The molecule has 1 aromatic heterocycles. The first-order chi connectivity index (χ1) is 8.54. The van der Waals surface area contributed by atoms with E-state index in [-0.39, 0.29) is 11.9 Å². The summed E-state index contributed by atoms with van der Waals surface area (Å²) >= 11 is 0. The Morgan fingerprint density at radius 3 is 2.78 bits per heavy atom. The van der Waals surface area contributed by atoms with Crippen molar-refractivity contribution in [2.75, 3.05) is 6.54 Å². The summed E-state index contributed by atoms with van der Waals surface area (Å²) in [5.74, 6) is 1.37. The second kappa shape index (κ2) is 6.65. The maximum Gasteiger partial charge on any atom is 0.246 e. The monoisotopic (exact) mass is 246 g/mol. The van der Waals surface area contributed by atoms with Gasteiger partial charge in [-0.2, -0.15) is 5.26 Å². The zero-order chi connectivity index (χ0) is 13.5. The van der Waals surface area contributed by atoms with Crippen LogP contribution in [-0.2, 0) is 4.79 Å². The molecule has 0 aliphatic carbocycles. The van der Waals surface area contributed by atoms with Crippen molar-refractivity contribution in [1.82, 2.24) is 4.90 Å². The highest BCUT2D eigenvalue weighted by molar-refractivity contribution is 5.91. The van der Waals surface area contributed by atoms with E-state index in [0.717, 1.165) is 5.76 Å². The minimum atomic E-state index is -0.102. The molecular weight excluding hydrogens is 228 g/mol. The van der Waals surface area contributed by atoms with E-state index in [1.807, 2.05) is 39.0 Å². The Balaban J connectivity index is 2.67. The Bertz CT molecular complexity index is 466. The Morgan fingerprint density at radius 2 is 2.28 bits per heavy atom. The standard InChI is InChI=1S/C14H18N2O2/c1-11(2)16(10-4-9-15)14(17)8-7-13-6-5-12(3)18-13/h5-8,11H,4,10H2,1-3H3. The second-order valence-electron chi connectivity index (χ2n) is 4.32. The number of carbonyl (C=O) groups is 1. The maximum atomic E-state index is 12.0. The molecule has 1 heterocycles. The molecule has 0 aliphatic heterocycles. The lowest BCUT2D eigenvalue weighted by atomic mass is 10.2. The van der Waals surface area contributed by atoms with Crippen molar-refractivity contribution in [3.8, 4) is 6.07 Å². The number of hydrogen-bond acceptors (Lipinski definition) is 3. The fraction of sp³-hybridized carbons (Fsp3) is 0.429. The van der Waals surface area contributed by atoms with Crippen LogP contribution in [0.1, 0.15) is 31.8 Å². The average molecular weight is 246 g/mol. The molecule has 0 bridgehead atoms. The molecule has 0 saturated carbocycles. The van der Waals surface area contributed by atoms with Gasteiger partial charge in [-0.25, -0.2) is 0 Å². The minimum Gasteiger partial charge on any atom is -0.462 e. The number of amides is 1. The van der Waals surface area contributed by atoms with Gasteiger partial charge in [0.05, 0.1) is 12.5 Å². The molecule has 0 aliphatic rings. The highest BCUT2D eigenvalue weighted by Crippen LogP contribution is 2.09. The van der Waals surface area contributed by atoms with E-state index in [2.05, 4.69) is 0 Å². The van der Waals surface area contributed by atoms with Gasteiger partial charge in [0.1, 0.15) is 11.5 Å². The van der Waals surface area contributed by atoms with Crippen LogP contribution in [0, 0.1) is 18.3 Å². The van der Waals surface area contributed by atoms with Gasteiger partial charge in [0.25, 0.3) is 0 Å². The molecule has 0 spiro atoms. The van der Waals surface area contributed by atoms with Crippen LogP contribution in [0.5, 0.6) is 0 Å². The van der Waals surface area contributed by atoms with Crippen molar-refractivity contribution in [2.45, 2.75) is 33.2 Å². The third kappa shape index (κ3) is 4.10. The van der Waals surface area contributed by atoms with Crippen molar-refractivity contribution in [1.29, 1.82) is 5.26 Å². The molecule has 4 heteroatoms. The SMILES string of the molecule is Cc1ccc(C=CC(=O)N(CCC#N)C(C)C)o1. The van der Waals surface area contributed by atoms with Crippen molar-refractivity contribution in [3.05, 3.63) is 29.7 Å². The summed E-state index contributed by atoms with van der Waals surface area (Å²) in [5.41, 5.74) is 0. The first kappa shape index (κ1) is 14.0. The molecular formula is C14H18N2O2. The summed E-state index contributed by atoms with van der Waals surface area (Å²) in [6.45, 7) is 6.17. The van der Waals surface area contributed by atoms with E-state index in [0.29, 0.717) is 18.7 Å². The lowest BCUT2D eigenvalue weighted by Crippen LogP contribution is -2.36. The number of aryl methyl sites for hydroxylation is 1. The van der Waals surface area contributed by atoms with Gasteiger partial charge in [-0.15, -0.1) is 0 Å². The van der Waals surface area contributed by atoms with Gasteiger partial charge in [-0.3, -0.25) is 4.79 Å². The van der Waals surface area contributed by atoms with Crippen molar-refractivity contribution in [3.63, 3.8) is 0 Å². The van der Waals surface area contributed by atoms with Crippen LogP contribution in [0.25, 0.3) is 6.08 Å². The largest absolute Gasteiger partial charge is 0.462 e. The van der Waals surface area contributed by atoms with E-state index >= 15 is 0 Å². The van der Waals surface area contributed by atoms with Crippen molar-refractivity contribution in [2.24, 2.45) is 0 Å². The predicted octanol–water partition coefficient (Wildman–Crippen LogP) is 2.75. The molecule has 1 aromatic rings. The molecule has 0 radical (unpaired) electrons. The first-order valence-corrected chi connectivity index (χ1v) is 5.96. The molecule has 18 heavy (non-hydrogen) atoms. The molecule has 1 amide bonds. The highest BCUT2D eigenvalue weighted by atomic mass is 16.3. The van der Waals surface area contributed by atoms with Gasteiger partial charge >= 0.3 is 0 Å². The summed E-state index contributed by atoms with van der Waals surface area (Å²) < 4.78 is 5.35. The minimum absolute atomic E-state index is 0.0776. The third-order valence-electron chi connectivity index (χ3n) is 2.52. The predicted molar refractivity (Wildman–Crippen MR) is 69.6 cm³/mol. The van der Waals surface area contributed by atoms with Crippen LogP contribution in [-0.4, -0.2) is 23.4 Å². The number of nitrogens with zero attached hydrogens (tertiary/aromatic N) is 2. The lowest BCUT2D eigenvalue weighted by Gasteiger charge is -2.24. The van der Waals surface area contributed by atoms with E-state index < -0.39 is 0 Å². The molecule has 0 aromatic carbocycles. The maximum absolute atomic E-state index is 12.0. The first-order valence-electron chi connectivity index (χ1n) is 5.96. The topological polar surface area (TPSA) is 57.2 Å². The Labute approximate surface area is 107 Å². The summed E-state index contributed by atoms with van der Waals surface area (Å²) in [6.07, 6.45) is 3.48. The van der Waals surface area contributed by atoms with E-state index in [1.165, 1.54) is 6.08 Å². The van der Waals surface area contributed by atoms with Gasteiger partial charge in [0.15, 0.2) is 0 Å². The zero-order valence-electron chi connectivity index (χ0n) is 11.0. The number of hydrogen-bond donors (Lipinski definition) is 0. The van der Waals surface area contributed by atoms with Crippen LogP contribution in [0.15, 0.2) is 22.6 Å². The van der Waals surface area contributed by atoms with Gasteiger partial charge in [0, 0.05) is 18.7 Å². The molecule has 0 saturated heterocycles. The number of furan rings is 1.